The smallest absolute Gasteiger partial charge is 0.248 e. The maximum atomic E-state index is 14.5. The summed E-state index contributed by atoms with van der Waals surface area (Å²) in [6.45, 7) is 16.3. The Labute approximate surface area is 289 Å². The van der Waals surface area contributed by atoms with Crippen LogP contribution in [0, 0.1) is 41.5 Å². The number of Topliss-reactive ketones (excluding diaryl/α,β-unsaturated/α-hetero) is 1. The largest absolute Gasteiger partial charge is 0.379 e. The third kappa shape index (κ3) is 8.15. The Balaban J connectivity index is 0.000000246. The van der Waals surface area contributed by atoms with Crippen LogP contribution in [0.15, 0.2) is 83.8 Å². The fraction of sp³-hybridized carbons (Fsp3) is 0.325. The quantitative estimate of drug-likeness (QED) is 0.0994. The van der Waals surface area contributed by atoms with Gasteiger partial charge in [-0.05, 0) is 89.1 Å². The van der Waals surface area contributed by atoms with Gasteiger partial charge in [0.05, 0.1) is 19.3 Å². The molecule has 0 amide bonds. The molecule has 6 nitrogen and oxygen atoms in total. The summed E-state index contributed by atoms with van der Waals surface area (Å²) in [6, 6.07) is 23.8. The van der Waals surface area contributed by atoms with Crippen LogP contribution >= 0.6 is 18.9 Å². The fourth-order valence-corrected chi connectivity index (χ4v) is 9.43. The standard InChI is InChI=1S/C26H27O3P.C14H19NO2S/c1-16-12-18(3)23(19(4)13-16)25(27)30(29,22-10-8-7-9-11-22)26(28)24-20(5)14-17(2)15-21(24)6;1-11(15-7-9-17-10-8-15)14(16)12-3-5-13(18-2)6-4-12/h7-15H,1-6H3;3-6,11H,7-10H2,1-2H3. The molecule has 252 valence electrons. The van der Waals surface area contributed by atoms with Crippen LogP contribution in [0.5, 0.6) is 0 Å². The maximum Gasteiger partial charge on any atom is 0.248 e. The van der Waals surface area contributed by atoms with Gasteiger partial charge in [0.1, 0.15) is 0 Å². The van der Waals surface area contributed by atoms with E-state index in [0.717, 1.165) is 65.2 Å². The number of carbonyl (C=O) groups excluding carboxylic acids is 3. The second-order valence-corrected chi connectivity index (χ2v) is 15.9. The highest BCUT2D eigenvalue weighted by Gasteiger charge is 2.44. The fourth-order valence-electron chi connectivity index (χ4n) is 6.44. The van der Waals surface area contributed by atoms with Crippen molar-refractivity contribution in [2.45, 2.75) is 59.4 Å². The van der Waals surface area contributed by atoms with Crippen LogP contribution < -0.4 is 5.30 Å². The number of aryl methyl sites for hydroxylation is 6. The lowest BCUT2D eigenvalue weighted by molar-refractivity contribution is 0.0208. The minimum absolute atomic E-state index is 0.0611. The summed E-state index contributed by atoms with van der Waals surface area (Å²) in [5.74, 6) is 0.199. The highest BCUT2D eigenvalue weighted by molar-refractivity contribution is 8.01. The number of carbonyl (C=O) groups is 3. The topological polar surface area (TPSA) is 80.8 Å². The minimum atomic E-state index is -4.11. The SMILES string of the molecule is CSc1ccc(C(=O)C(C)N2CCOCC2)cc1.Cc1cc(C)c(C(=O)P(=O)(C(=O)c2c(C)cc(C)cc2C)c2ccccc2)c(C)c1. The third-order valence-corrected chi connectivity index (χ3v) is 12.2. The number of nitrogens with zero attached hydrogens (tertiary/aromatic N) is 1. The zero-order valence-electron chi connectivity index (χ0n) is 29.3. The first-order valence-corrected chi connectivity index (χ1v) is 19.1. The molecular formula is C40H46NO5PS. The van der Waals surface area contributed by atoms with Crippen molar-refractivity contribution < 1.29 is 23.7 Å². The summed E-state index contributed by atoms with van der Waals surface area (Å²) >= 11 is 1.69. The molecule has 0 aromatic heterocycles. The number of hydrogen-bond donors (Lipinski definition) is 0. The lowest BCUT2D eigenvalue weighted by Gasteiger charge is -2.31. The van der Waals surface area contributed by atoms with Gasteiger partial charge in [-0.15, -0.1) is 11.8 Å². The number of rotatable bonds is 9. The van der Waals surface area contributed by atoms with Gasteiger partial charge in [0, 0.05) is 40.0 Å². The van der Waals surface area contributed by atoms with Crippen molar-refractivity contribution in [1.29, 1.82) is 0 Å². The normalized spacial score (nSPS) is 14.1. The molecule has 0 radical (unpaired) electrons. The van der Waals surface area contributed by atoms with E-state index in [4.69, 9.17) is 4.74 Å². The number of ether oxygens (including phenoxy) is 1. The van der Waals surface area contributed by atoms with Gasteiger partial charge >= 0.3 is 0 Å². The molecule has 1 unspecified atom stereocenters. The first kappa shape index (κ1) is 37.2. The molecular weight excluding hydrogens is 637 g/mol. The van der Waals surface area contributed by atoms with Gasteiger partial charge in [0.15, 0.2) is 5.78 Å². The van der Waals surface area contributed by atoms with Crippen LogP contribution in [0.2, 0.25) is 0 Å². The first-order chi connectivity index (χ1) is 22.8. The second-order valence-electron chi connectivity index (χ2n) is 12.5. The van der Waals surface area contributed by atoms with Crippen molar-refractivity contribution in [2.24, 2.45) is 0 Å². The molecule has 4 aromatic rings. The highest BCUT2D eigenvalue weighted by Crippen LogP contribution is 2.52. The predicted octanol–water partition coefficient (Wildman–Crippen LogP) is 8.52. The van der Waals surface area contributed by atoms with Gasteiger partial charge in [0.25, 0.3) is 0 Å². The van der Waals surface area contributed by atoms with E-state index in [-0.39, 0.29) is 17.1 Å². The monoisotopic (exact) mass is 683 g/mol. The molecule has 0 bridgehead atoms. The molecule has 48 heavy (non-hydrogen) atoms. The number of hydrogen-bond acceptors (Lipinski definition) is 7. The third-order valence-electron chi connectivity index (χ3n) is 8.82. The molecule has 1 aliphatic rings. The van der Waals surface area contributed by atoms with E-state index in [9.17, 15) is 18.9 Å². The number of ketones is 1. The van der Waals surface area contributed by atoms with Crippen LogP contribution in [0.1, 0.15) is 71.4 Å². The van der Waals surface area contributed by atoms with E-state index >= 15 is 0 Å². The number of morpholine rings is 1. The van der Waals surface area contributed by atoms with Gasteiger partial charge in [0.2, 0.25) is 18.2 Å². The van der Waals surface area contributed by atoms with Crippen LogP contribution in [-0.2, 0) is 9.30 Å². The molecule has 1 heterocycles. The maximum absolute atomic E-state index is 14.5. The average molecular weight is 684 g/mol. The summed E-state index contributed by atoms with van der Waals surface area (Å²) < 4.78 is 19.8. The molecule has 0 aliphatic carbocycles. The summed E-state index contributed by atoms with van der Waals surface area (Å²) in [5, 5.41) is 0.277. The number of benzene rings is 4. The van der Waals surface area contributed by atoms with Gasteiger partial charge in [-0.25, -0.2) is 0 Å². The Kier molecular flexibility index (Phi) is 12.6. The molecule has 1 atom stereocenters. The number of thioether (sulfide) groups is 1. The van der Waals surface area contributed by atoms with Crippen LogP contribution in [0.25, 0.3) is 0 Å². The van der Waals surface area contributed by atoms with Crippen molar-refractivity contribution in [1.82, 2.24) is 4.90 Å². The molecule has 5 rings (SSSR count). The van der Waals surface area contributed by atoms with Gasteiger partial charge in [-0.2, -0.15) is 0 Å². The van der Waals surface area contributed by atoms with E-state index in [1.807, 2.05) is 103 Å². The molecule has 1 fully saturated rings. The zero-order chi connectivity index (χ0) is 35.2. The first-order valence-electron chi connectivity index (χ1n) is 16.2. The molecule has 1 aliphatic heterocycles. The summed E-state index contributed by atoms with van der Waals surface area (Å²) in [4.78, 5) is 43.4. The molecule has 4 aromatic carbocycles. The average Bonchev–Trinajstić information content (AvgIpc) is 3.07. The van der Waals surface area contributed by atoms with Crippen molar-refractivity contribution >= 4 is 41.0 Å². The second kappa shape index (κ2) is 16.2. The Morgan fingerprint density at radius 3 is 1.56 bits per heavy atom. The molecule has 1 saturated heterocycles. The van der Waals surface area contributed by atoms with E-state index in [0.29, 0.717) is 11.1 Å². The zero-order valence-corrected chi connectivity index (χ0v) is 31.0. The molecule has 0 saturated carbocycles. The van der Waals surface area contributed by atoms with Gasteiger partial charge < -0.3 is 9.30 Å². The van der Waals surface area contributed by atoms with Crippen molar-refractivity contribution in [3.05, 3.63) is 129 Å². The van der Waals surface area contributed by atoms with Crippen LogP contribution in [-0.4, -0.2) is 60.3 Å². The van der Waals surface area contributed by atoms with E-state index in [1.165, 1.54) is 4.90 Å². The lowest BCUT2D eigenvalue weighted by atomic mass is 10.0. The lowest BCUT2D eigenvalue weighted by Crippen LogP contribution is -2.45. The van der Waals surface area contributed by atoms with E-state index in [2.05, 4.69) is 4.90 Å². The van der Waals surface area contributed by atoms with Gasteiger partial charge in [-0.3, -0.25) is 19.3 Å². The predicted molar refractivity (Wildman–Crippen MR) is 198 cm³/mol. The Hall–Kier alpha value is -3.61. The Bertz CT molecular complexity index is 1730. The van der Waals surface area contributed by atoms with Crippen molar-refractivity contribution in [3.8, 4) is 0 Å². The van der Waals surface area contributed by atoms with Crippen LogP contribution in [0.3, 0.4) is 0 Å². The summed E-state index contributed by atoms with van der Waals surface area (Å²) in [7, 11) is -4.11. The van der Waals surface area contributed by atoms with Crippen molar-refractivity contribution in [2.75, 3.05) is 32.6 Å². The van der Waals surface area contributed by atoms with E-state index in [1.54, 1.807) is 42.1 Å². The summed E-state index contributed by atoms with van der Waals surface area (Å²) in [6.07, 6.45) is 2.03. The molecule has 0 spiro atoms. The molecule has 0 N–H and O–H groups in total. The van der Waals surface area contributed by atoms with Crippen LogP contribution in [0.4, 0.5) is 0 Å². The van der Waals surface area contributed by atoms with Crippen molar-refractivity contribution in [3.63, 3.8) is 0 Å². The molecule has 8 heteroatoms. The highest BCUT2D eigenvalue weighted by atomic mass is 32.2. The van der Waals surface area contributed by atoms with Gasteiger partial charge in [-0.1, -0.05) is 77.9 Å². The Morgan fingerprint density at radius 2 is 1.15 bits per heavy atom. The van der Waals surface area contributed by atoms with E-state index < -0.39 is 18.2 Å². The minimum Gasteiger partial charge on any atom is -0.379 e. The Morgan fingerprint density at radius 1 is 0.708 bits per heavy atom. The summed E-state index contributed by atoms with van der Waals surface area (Å²) in [5.41, 5.74) is 5.36.